The van der Waals surface area contributed by atoms with Crippen LogP contribution < -0.4 is 4.90 Å². The van der Waals surface area contributed by atoms with Gasteiger partial charge >= 0.3 is 0 Å². The minimum atomic E-state index is -2.48. The first kappa shape index (κ1) is 13.1. The molecule has 2 heterocycles. The normalized spacial score (nSPS) is 14.2. The van der Waals surface area contributed by atoms with Gasteiger partial charge in [0.15, 0.2) is 0 Å². The van der Waals surface area contributed by atoms with Crippen LogP contribution in [0.15, 0.2) is 18.3 Å². The molecule has 0 N–H and O–H groups in total. The van der Waals surface area contributed by atoms with E-state index in [0.717, 1.165) is 35.5 Å². The van der Waals surface area contributed by atoms with Crippen LogP contribution in [0.3, 0.4) is 0 Å². The van der Waals surface area contributed by atoms with Gasteiger partial charge in [0.05, 0.1) is 6.20 Å². The van der Waals surface area contributed by atoms with Gasteiger partial charge in [0.1, 0.15) is 0 Å². The summed E-state index contributed by atoms with van der Waals surface area (Å²) >= 11 is 0. The summed E-state index contributed by atoms with van der Waals surface area (Å²) < 4.78 is 28.5. The Bertz CT molecular complexity index is 661. The molecule has 2 aromatic rings. The maximum atomic E-state index is 13.4. The SMILES string of the molecule is Cc1c(-c2cc3c(cc2C(F)F)N(C)CC3)cnn1C. The van der Waals surface area contributed by atoms with Gasteiger partial charge in [-0.3, -0.25) is 4.68 Å². The van der Waals surface area contributed by atoms with Crippen molar-refractivity contribution in [3.05, 3.63) is 35.2 Å². The van der Waals surface area contributed by atoms with Crippen LogP contribution in [-0.4, -0.2) is 23.4 Å². The van der Waals surface area contributed by atoms with E-state index in [4.69, 9.17) is 0 Å². The third-order valence-electron chi connectivity index (χ3n) is 4.14. The molecule has 3 nitrogen and oxygen atoms in total. The molecule has 5 heteroatoms. The Morgan fingerprint density at radius 1 is 1.20 bits per heavy atom. The molecule has 0 unspecified atom stereocenters. The van der Waals surface area contributed by atoms with Crippen molar-refractivity contribution in [1.82, 2.24) is 9.78 Å². The van der Waals surface area contributed by atoms with Crippen molar-refractivity contribution < 1.29 is 8.78 Å². The van der Waals surface area contributed by atoms with E-state index in [1.807, 2.05) is 32.0 Å². The zero-order valence-corrected chi connectivity index (χ0v) is 11.8. The molecule has 0 atom stereocenters. The summed E-state index contributed by atoms with van der Waals surface area (Å²) in [6, 6.07) is 3.54. The zero-order valence-electron chi connectivity index (χ0n) is 11.8. The molecule has 1 aromatic carbocycles. The number of fused-ring (bicyclic) bond motifs is 1. The summed E-state index contributed by atoms with van der Waals surface area (Å²) in [4.78, 5) is 2.03. The second-order valence-corrected chi connectivity index (χ2v) is 5.31. The Balaban J connectivity index is 2.22. The van der Waals surface area contributed by atoms with E-state index in [1.54, 1.807) is 16.9 Å². The average molecular weight is 277 g/mol. The Labute approximate surface area is 116 Å². The highest BCUT2D eigenvalue weighted by Crippen LogP contribution is 2.39. The summed E-state index contributed by atoms with van der Waals surface area (Å²) in [7, 11) is 3.76. The first-order chi connectivity index (χ1) is 9.49. The van der Waals surface area contributed by atoms with E-state index in [9.17, 15) is 8.78 Å². The average Bonchev–Trinajstić information content (AvgIpc) is 2.93. The fourth-order valence-corrected chi connectivity index (χ4v) is 2.79. The smallest absolute Gasteiger partial charge is 0.264 e. The highest BCUT2D eigenvalue weighted by Gasteiger charge is 2.24. The van der Waals surface area contributed by atoms with Crippen LogP contribution in [-0.2, 0) is 13.5 Å². The van der Waals surface area contributed by atoms with E-state index in [0.29, 0.717) is 5.56 Å². The van der Waals surface area contributed by atoms with E-state index in [-0.39, 0.29) is 5.56 Å². The van der Waals surface area contributed by atoms with Crippen molar-refractivity contribution in [2.45, 2.75) is 19.8 Å². The number of anilines is 1. The third kappa shape index (κ3) is 1.88. The maximum absolute atomic E-state index is 13.4. The lowest BCUT2D eigenvalue weighted by atomic mass is 9.96. The van der Waals surface area contributed by atoms with Crippen molar-refractivity contribution in [2.24, 2.45) is 7.05 Å². The maximum Gasteiger partial charge on any atom is 0.264 e. The predicted molar refractivity (Wildman–Crippen MR) is 75.3 cm³/mol. The summed E-state index contributed by atoms with van der Waals surface area (Å²) in [6.07, 6.45) is 0.0902. The van der Waals surface area contributed by atoms with Gasteiger partial charge in [0.25, 0.3) is 6.43 Å². The highest BCUT2D eigenvalue weighted by atomic mass is 19.3. The quantitative estimate of drug-likeness (QED) is 0.839. The molecule has 0 saturated heterocycles. The van der Waals surface area contributed by atoms with Gasteiger partial charge in [0.2, 0.25) is 0 Å². The summed E-state index contributed by atoms with van der Waals surface area (Å²) in [5.74, 6) is 0. The van der Waals surface area contributed by atoms with E-state index in [1.165, 1.54) is 0 Å². The second-order valence-electron chi connectivity index (χ2n) is 5.31. The lowest BCUT2D eigenvalue weighted by molar-refractivity contribution is 0.152. The Hall–Kier alpha value is -1.91. The Morgan fingerprint density at radius 2 is 1.95 bits per heavy atom. The fourth-order valence-electron chi connectivity index (χ4n) is 2.79. The monoisotopic (exact) mass is 277 g/mol. The number of halogens is 2. The van der Waals surface area contributed by atoms with Gasteiger partial charge in [-0.1, -0.05) is 0 Å². The van der Waals surface area contributed by atoms with Crippen LogP contribution in [0.2, 0.25) is 0 Å². The zero-order chi connectivity index (χ0) is 14.4. The van der Waals surface area contributed by atoms with Crippen LogP contribution in [0.5, 0.6) is 0 Å². The fraction of sp³-hybridized carbons (Fsp3) is 0.400. The number of nitrogens with zero attached hydrogens (tertiary/aromatic N) is 3. The number of benzene rings is 1. The molecule has 0 amide bonds. The molecule has 1 aliphatic heterocycles. The second kappa shape index (κ2) is 4.58. The van der Waals surface area contributed by atoms with Gasteiger partial charge in [-0.2, -0.15) is 5.10 Å². The van der Waals surface area contributed by atoms with Gasteiger partial charge in [-0.05, 0) is 36.6 Å². The molecule has 0 aliphatic carbocycles. The lowest BCUT2D eigenvalue weighted by Crippen LogP contribution is -2.12. The van der Waals surface area contributed by atoms with Crippen LogP contribution in [0.4, 0.5) is 14.5 Å². The van der Waals surface area contributed by atoms with Crippen LogP contribution >= 0.6 is 0 Å². The van der Waals surface area contributed by atoms with E-state index < -0.39 is 6.43 Å². The third-order valence-corrected chi connectivity index (χ3v) is 4.14. The van der Waals surface area contributed by atoms with E-state index in [2.05, 4.69) is 5.10 Å². The number of alkyl halides is 2. The largest absolute Gasteiger partial charge is 0.374 e. The van der Waals surface area contributed by atoms with Gasteiger partial charge in [-0.15, -0.1) is 0 Å². The van der Waals surface area contributed by atoms with Crippen molar-refractivity contribution in [3.63, 3.8) is 0 Å². The lowest BCUT2D eigenvalue weighted by Gasteiger charge is -2.16. The summed E-state index contributed by atoms with van der Waals surface area (Å²) in [5.41, 5.74) is 4.45. The molecule has 1 aliphatic rings. The first-order valence-electron chi connectivity index (χ1n) is 6.64. The minimum absolute atomic E-state index is 0.0913. The molecule has 20 heavy (non-hydrogen) atoms. The summed E-state index contributed by atoms with van der Waals surface area (Å²) in [6.45, 7) is 2.78. The molecule has 0 fully saturated rings. The van der Waals surface area contributed by atoms with Crippen molar-refractivity contribution in [2.75, 3.05) is 18.5 Å². The number of likely N-dealkylation sites (N-methyl/N-ethyl adjacent to an activating group) is 1. The first-order valence-corrected chi connectivity index (χ1v) is 6.64. The predicted octanol–water partition coefficient (Wildman–Crippen LogP) is 3.33. The van der Waals surface area contributed by atoms with Gasteiger partial charge in [-0.25, -0.2) is 8.78 Å². The van der Waals surface area contributed by atoms with Crippen LogP contribution in [0.1, 0.15) is 23.2 Å². The Morgan fingerprint density at radius 3 is 2.55 bits per heavy atom. The number of rotatable bonds is 2. The number of aromatic nitrogens is 2. The summed E-state index contributed by atoms with van der Waals surface area (Å²) in [5, 5.41) is 4.16. The topological polar surface area (TPSA) is 21.1 Å². The van der Waals surface area contributed by atoms with Crippen LogP contribution in [0.25, 0.3) is 11.1 Å². The van der Waals surface area contributed by atoms with E-state index >= 15 is 0 Å². The molecular weight excluding hydrogens is 260 g/mol. The molecule has 106 valence electrons. The minimum Gasteiger partial charge on any atom is -0.374 e. The Kier molecular flexibility index (Phi) is 3.00. The van der Waals surface area contributed by atoms with Crippen molar-refractivity contribution in [3.8, 4) is 11.1 Å². The van der Waals surface area contributed by atoms with Gasteiger partial charge < -0.3 is 4.90 Å². The molecule has 1 aromatic heterocycles. The number of hydrogen-bond donors (Lipinski definition) is 0. The molecular formula is C15H17F2N3. The highest BCUT2D eigenvalue weighted by molar-refractivity contribution is 5.75. The molecule has 3 rings (SSSR count). The van der Waals surface area contributed by atoms with Crippen molar-refractivity contribution in [1.29, 1.82) is 0 Å². The number of aryl methyl sites for hydroxylation is 1. The molecule has 0 radical (unpaired) electrons. The standard InChI is InChI=1S/C15H17F2N3/c1-9-13(8-18-20(9)3)11-6-10-4-5-19(2)14(10)7-12(11)15(16)17/h6-8,15H,4-5H2,1-3H3. The van der Waals surface area contributed by atoms with Crippen molar-refractivity contribution >= 4 is 5.69 Å². The van der Waals surface area contributed by atoms with Gasteiger partial charge in [0, 0.05) is 43.1 Å². The van der Waals surface area contributed by atoms with Crippen LogP contribution in [0, 0.1) is 6.92 Å². The molecule has 0 spiro atoms. The molecule has 0 saturated carbocycles. The molecule has 0 bridgehead atoms. The number of hydrogen-bond acceptors (Lipinski definition) is 2.